The van der Waals surface area contributed by atoms with Crippen molar-refractivity contribution in [3.63, 3.8) is 0 Å². The summed E-state index contributed by atoms with van der Waals surface area (Å²) in [4.78, 5) is 30.4. The Morgan fingerprint density at radius 2 is 2.16 bits per heavy atom. The van der Waals surface area contributed by atoms with E-state index in [4.69, 9.17) is 9.57 Å². The van der Waals surface area contributed by atoms with Crippen molar-refractivity contribution < 1.29 is 19.2 Å². The minimum Gasteiger partial charge on any atom is -0.450 e. The van der Waals surface area contributed by atoms with E-state index in [0.29, 0.717) is 12.2 Å². The van der Waals surface area contributed by atoms with E-state index < -0.39 is 6.09 Å². The number of carbonyl (C=O) groups excluding carboxylic acids is 2. The van der Waals surface area contributed by atoms with Gasteiger partial charge in [-0.3, -0.25) is 14.5 Å². The first-order valence-electron chi connectivity index (χ1n) is 6.01. The van der Waals surface area contributed by atoms with Crippen LogP contribution < -0.4 is 5.06 Å². The van der Waals surface area contributed by atoms with E-state index in [0.717, 1.165) is 5.69 Å². The molecule has 0 aliphatic carbocycles. The molecule has 0 spiro atoms. The Morgan fingerprint density at radius 3 is 2.79 bits per heavy atom. The van der Waals surface area contributed by atoms with Gasteiger partial charge in [-0.15, -0.1) is 0 Å². The molecule has 19 heavy (non-hydrogen) atoms. The average Bonchev–Trinajstić information content (AvgIpc) is 2.65. The normalized spacial score (nSPS) is 15.2. The first-order chi connectivity index (χ1) is 9.08. The molecule has 2 heterocycles. The van der Waals surface area contributed by atoms with Crippen LogP contribution in [0.3, 0.4) is 0 Å². The Bertz CT molecular complexity index is 497. The third kappa shape index (κ3) is 2.41. The Kier molecular flexibility index (Phi) is 3.75. The lowest BCUT2D eigenvalue weighted by molar-refractivity contribution is -0.125. The molecule has 104 valence electrons. The molecule has 2 rings (SSSR count). The molecule has 7 heteroatoms. The van der Waals surface area contributed by atoms with Crippen molar-refractivity contribution in [1.82, 2.24) is 9.47 Å². The van der Waals surface area contributed by atoms with Gasteiger partial charge in [0.1, 0.15) is 6.54 Å². The number of hydrogen-bond acceptors (Lipinski definition) is 4. The number of nitrogens with zero attached hydrogens (tertiary/aromatic N) is 3. The lowest BCUT2D eigenvalue weighted by Crippen LogP contribution is -2.39. The quantitative estimate of drug-likeness (QED) is 0.798. The molecule has 2 amide bonds. The summed E-state index contributed by atoms with van der Waals surface area (Å²) in [5.74, 6) is -0.305. The van der Waals surface area contributed by atoms with E-state index in [9.17, 15) is 9.59 Å². The van der Waals surface area contributed by atoms with Crippen molar-refractivity contribution >= 4 is 17.7 Å². The second-order valence-electron chi connectivity index (χ2n) is 4.18. The van der Waals surface area contributed by atoms with Gasteiger partial charge in [0, 0.05) is 13.2 Å². The highest BCUT2D eigenvalue weighted by Crippen LogP contribution is 2.26. The Hall–Kier alpha value is -2.02. The van der Waals surface area contributed by atoms with Crippen LogP contribution in [-0.4, -0.2) is 41.7 Å². The molecule has 1 aliphatic rings. The molecular formula is C12H17N3O4. The predicted octanol–water partition coefficient (Wildman–Crippen LogP) is 0.892. The SMILES string of the molecule is CCOC(=O)N1CC(=O)N(OC)c2ccn(C)c2C1. The van der Waals surface area contributed by atoms with Crippen LogP contribution in [0, 0.1) is 0 Å². The molecule has 0 fully saturated rings. The van der Waals surface area contributed by atoms with Crippen LogP contribution in [0.2, 0.25) is 0 Å². The Balaban J connectivity index is 2.35. The van der Waals surface area contributed by atoms with Crippen LogP contribution in [0.4, 0.5) is 10.5 Å². The largest absolute Gasteiger partial charge is 0.450 e. The molecule has 0 atom stereocenters. The Morgan fingerprint density at radius 1 is 1.42 bits per heavy atom. The summed E-state index contributed by atoms with van der Waals surface area (Å²) in [6.45, 7) is 2.25. The highest BCUT2D eigenvalue weighted by Gasteiger charge is 2.31. The number of aromatic nitrogens is 1. The maximum atomic E-state index is 12.1. The zero-order valence-electron chi connectivity index (χ0n) is 11.3. The zero-order chi connectivity index (χ0) is 14.0. The average molecular weight is 267 g/mol. The zero-order valence-corrected chi connectivity index (χ0v) is 11.3. The lowest BCUT2D eigenvalue weighted by atomic mass is 10.3. The van der Waals surface area contributed by atoms with E-state index in [-0.39, 0.29) is 19.1 Å². The van der Waals surface area contributed by atoms with Gasteiger partial charge in [-0.25, -0.2) is 4.79 Å². The van der Waals surface area contributed by atoms with E-state index >= 15 is 0 Å². The fourth-order valence-electron chi connectivity index (χ4n) is 2.07. The van der Waals surface area contributed by atoms with E-state index in [1.54, 1.807) is 13.0 Å². The van der Waals surface area contributed by atoms with Crippen molar-refractivity contribution in [3.8, 4) is 0 Å². The standard InChI is InChI=1S/C12H17N3O4/c1-4-19-12(17)14-7-10-9(5-6-13(10)2)15(18-3)11(16)8-14/h5-6H,4,7-8H2,1-3H3. The number of anilines is 1. The smallest absolute Gasteiger partial charge is 0.410 e. The third-order valence-electron chi connectivity index (χ3n) is 3.00. The Labute approximate surface area is 111 Å². The fraction of sp³-hybridized carbons (Fsp3) is 0.500. The van der Waals surface area contributed by atoms with Gasteiger partial charge < -0.3 is 9.30 Å². The molecule has 1 aliphatic heterocycles. The van der Waals surface area contributed by atoms with Crippen LogP contribution in [0.15, 0.2) is 12.3 Å². The maximum absolute atomic E-state index is 12.1. The molecule has 0 saturated heterocycles. The number of fused-ring (bicyclic) bond motifs is 1. The third-order valence-corrected chi connectivity index (χ3v) is 3.00. The minimum absolute atomic E-state index is 0.0681. The summed E-state index contributed by atoms with van der Waals surface area (Å²) in [6.07, 6.45) is 1.32. The lowest BCUT2D eigenvalue weighted by Gasteiger charge is -2.19. The minimum atomic E-state index is -0.499. The molecule has 1 aromatic heterocycles. The van der Waals surface area contributed by atoms with Crippen molar-refractivity contribution in [2.24, 2.45) is 7.05 Å². The fourth-order valence-corrected chi connectivity index (χ4v) is 2.07. The molecule has 7 nitrogen and oxygen atoms in total. The number of ether oxygens (including phenoxy) is 1. The summed E-state index contributed by atoms with van der Waals surface area (Å²) in [7, 11) is 3.28. The van der Waals surface area contributed by atoms with E-state index in [2.05, 4.69) is 0 Å². The molecule has 1 aromatic rings. The van der Waals surface area contributed by atoms with Gasteiger partial charge >= 0.3 is 6.09 Å². The van der Waals surface area contributed by atoms with Gasteiger partial charge in [0.15, 0.2) is 0 Å². The number of hydroxylamine groups is 1. The van der Waals surface area contributed by atoms with Crippen molar-refractivity contribution in [3.05, 3.63) is 18.0 Å². The van der Waals surface area contributed by atoms with Gasteiger partial charge in [-0.1, -0.05) is 0 Å². The van der Waals surface area contributed by atoms with Crippen LogP contribution in [0.1, 0.15) is 12.6 Å². The predicted molar refractivity (Wildman–Crippen MR) is 67.3 cm³/mol. The van der Waals surface area contributed by atoms with Crippen LogP contribution in [0.5, 0.6) is 0 Å². The molecule has 0 bridgehead atoms. The summed E-state index contributed by atoms with van der Waals surface area (Å²) in [5.41, 5.74) is 1.47. The van der Waals surface area contributed by atoms with Crippen LogP contribution in [0.25, 0.3) is 0 Å². The first-order valence-corrected chi connectivity index (χ1v) is 6.01. The monoisotopic (exact) mass is 267 g/mol. The molecule has 0 saturated carbocycles. The number of carbonyl (C=O) groups is 2. The van der Waals surface area contributed by atoms with Gasteiger partial charge in [-0.2, -0.15) is 5.06 Å². The number of hydrogen-bond donors (Lipinski definition) is 0. The van der Waals surface area contributed by atoms with Crippen molar-refractivity contribution in [2.75, 3.05) is 25.3 Å². The highest BCUT2D eigenvalue weighted by atomic mass is 16.7. The van der Waals surface area contributed by atoms with Crippen molar-refractivity contribution in [1.29, 1.82) is 0 Å². The van der Waals surface area contributed by atoms with Crippen LogP contribution in [-0.2, 0) is 28.0 Å². The highest BCUT2D eigenvalue weighted by molar-refractivity contribution is 5.96. The summed E-state index contributed by atoms with van der Waals surface area (Å²) in [6, 6.07) is 1.78. The molecule has 0 unspecified atom stereocenters. The van der Waals surface area contributed by atoms with Crippen molar-refractivity contribution in [2.45, 2.75) is 13.5 Å². The summed E-state index contributed by atoms with van der Waals surface area (Å²) in [5, 5.41) is 1.20. The molecule has 0 aromatic carbocycles. The van der Waals surface area contributed by atoms with Crippen LogP contribution >= 0.6 is 0 Å². The molecule has 0 radical (unpaired) electrons. The summed E-state index contributed by atoms with van der Waals surface area (Å²) >= 11 is 0. The summed E-state index contributed by atoms with van der Waals surface area (Å²) < 4.78 is 6.81. The second kappa shape index (κ2) is 5.31. The van der Waals surface area contributed by atoms with Gasteiger partial charge in [0.2, 0.25) is 0 Å². The molecule has 0 N–H and O–H groups in total. The number of aryl methyl sites for hydroxylation is 1. The number of amides is 2. The van der Waals surface area contributed by atoms with Gasteiger partial charge in [-0.05, 0) is 13.0 Å². The second-order valence-corrected chi connectivity index (χ2v) is 4.18. The van der Waals surface area contributed by atoms with Gasteiger partial charge in [0.05, 0.1) is 31.6 Å². The number of rotatable bonds is 2. The van der Waals surface area contributed by atoms with E-state index in [1.165, 1.54) is 17.1 Å². The first kappa shape index (κ1) is 13.4. The van der Waals surface area contributed by atoms with E-state index in [1.807, 2.05) is 17.8 Å². The topological polar surface area (TPSA) is 64.0 Å². The molecular weight excluding hydrogens is 250 g/mol. The van der Waals surface area contributed by atoms with Gasteiger partial charge in [0.25, 0.3) is 5.91 Å². The maximum Gasteiger partial charge on any atom is 0.410 e.